The van der Waals surface area contributed by atoms with Gasteiger partial charge in [0.2, 0.25) is 6.10 Å². The number of likely N-dealkylation sites (tertiary alicyclic amines) is 1. The highest BCUT2D eigenvalue weighted by molar-refractivity contribution is 5.85. The first kappa shape index (κ1) is 17.9. The van der Waals surface area contributed by atoms with E-state index in [9.17, 15) is 4.79 Å². The Hall–Kier alpha value is -1.46. The van der Waals surface area contributed by atoms with E-state index in [1.54, 1.807) is 0 Å². The molecule has 1 amide bonds. The van der Waals surface area contributed by atoms with E-state index in [2.05, 4.69) is 13.8 Å². The van der Waals surface area contributed by atoms with Gasteiger partial charge in [0.25, 0.3) is 5.91 Å². The summed E-state index contributed by atoms with van der Waals surface area (Å²) in [5.41, 5.74) is 6.07. The van der Waals surface area contributed by atoms with Crippen LogP contribution in [0.15, 0.2) is 24.3 Å². The number of nitrogens with zero attached hydrogens (tertiary/aromatic N) is 1. The maximum absolute atomic E-state index is 12.8. The second kappa shape index (κ2) is 6.57. The molecule has 5 nitrogen and oxygen atoms in total. The van der Waals surface area contributed by atoms with Gasteiger partial charge in [0.1, 0.15) is 6.10 Å². The van der Waals surface area contributed by atoms with E-state index in [-0.39, 0.29) is 35.9 Å². The Balaban J connectivity index is 0.00000192. The first-order valence-electron chi connectivity index (χ1n) is 7.85. The standard InChI is InChI=1S/C17H24N2O3.ClH/c1-11-15(22-13-7-5-4-6-12(13)21-11)16(20)19-9-8-14(18)17(2,3)10-19;/h4-7,11,14-15H,8-10,18H2,1-3H3;1H. The third-order valence-corrected chi connectivity index (χ3v) is 4.71. The Bertz CT molecular complexity index is 579. The number of carbonyl (C=O) groups is 1. The van der Waals surface area contributed by atoms with Gasteiger partial charge in [0.05, 0.1) is 0 Å². The van der Waals surface area contributed by atoms with E-state index in [1.807, 2.05) is 36.1 Å². The summed E-state index contributed by atoms with van der Waals surface area (Å²) in [7, 11) is 0. The van der Waals surface area contributed by atoms with Crippen LogP contribution in [0.2, 0.25) is 0 Å². The maximum atomic E-state index is 12.8. The van der Waals surface area contributed by atoms with Crippen LogP contribution in [0.25, 0.3) is 0 Å². The molecule has 0 aromatic heterocycles. The molecule has 6 heteroatoms. The summed E-state index contributed by atoms with van der Waals surface area (Å²) in [6.45, 7) is 7.42. The van der Waals surface area contributed by atoms with Gasteiger partial charge in [-0.15, -0.1) is 12.4 Å². The zero-order valence-corrected chi connectivity index (χ0v) is 14.6. The molecule has 0 radical (unpaired) electrons. The van der Waals surface area contributed by atoms with Gasteiger partial charge >= 0.3 is 0 Å². The van der Waals surface area contributed by atoms with Gasteiger partial charge < -0.3 is 20.1 Å². The predicted octanol–water partition coefficient (Wildman–Crippen LogP) is 2.22. The molecule has 1 saturated heterocycles. The molecular formula is C17H25ClN2O3. The summed E-state index contributed by atoms with van der Waals surface area (Å²) in [4.78, 5) is 14.7. The summed E-state index contributed by atoms with van der Waals surface area (Å²) in [6.07, 6.45) is -0.0850. The van der Waals surface area contributed by atoms with Crippen LogP contribution in [0.5, 0.6) is 11.5 Å². The minimum Gasteiger partial charge on any atom is -0.482 e. The van der Waals surface area contributed by atoms with E-state index in [4.69, 9.17) is 15.2 Å². The zero-order chi connectivity index (χ0) is 15.9. The van der Waals surface area contributed by atoms with Gasteiger partial charge in [-0.3, -0.25) is 4.79 Å². The summed E-state index contributed by atoms with van der Waals surface area (Å²) in [5, 5.41) is 0. The number of halogens is 1. The fourth-order valence-corrected chi connectivity index (χ4v) is 3.13. The number of para-hydroxylation sites is 2. The topological polar surface area (TPSA) is 64.8 Å². The van der Waals surface area contributed by atoms with Crippen molar-refractivity contribution in [1.29, 1.82) is 0 Å². The molecule has 2 N–H and O–H groups in total. The lowest BCUT2D eigenvalue weighted by atomic mass is 9.79. The minimum atomic E-state index is -0.597. The van der Waals surface area contributed by atoms with Crippen LogP contribution in [0.4, 0.5) is 0 Å². The number of nitrogens with two attached hydrogens (primary N) is 1. The quantitative estimate of drug-likeness (QED) is 0.851. The van der Waals surface area contributed by atoms with Crippen LogP contribution in [0, 0.1) is 5.41 Å². The van der Waals surface area contributed by atoms with E-state index in [0.717, 1.165) is 6.42 Å². The summed E-state index contributed by atoms with van der Waals surface area (Å²) in [6, 6.07) is 7.58. The van der Waals surface area contributed by atoms with Crippen LogP contribution in [-0.2, 0) is 4.79 Å². The Morgan fingerprint density at radius 2 is 1.87 bits per heavy atom. The fourth-order valence-electron chi connectivity index (χ4n) is 3.13. The molecule has 1 aromatic rings. The molecule has 1 aromatic carbocycles. The van der Waals surface area contributed by atoms with Crippen molar-refractivity contribution in [3.8, 4) is 11.5 Å². The van der Waals surface area contributed by atoms with Crippen molar-refractivity contribution in [3.05, 3.63) is 24.3 Å². The smallest absolute Gasteiger partial charge is 0.267 e. The van der Waals surface area contributed by atoms with Gasteiger partial charge in [-0.1, -0.05) is 26.0 Å². The van der Waals surface area contributed by atoms with Gasteiger partial charge in [-0.25, -0.2) is 0 Å². The third-order valence-electron chi connectivity index (χ3n) is 4.71. The molecular weight excluding hydrogens is 316 g/mol. The number of carbonyl (C=O) groups excluding carboxylic acids is 1. The summed E-state index contributed by atoms with van der Waals surface area (Å²) < 4.78 is 11.7. The second-order valence-electron chi connectivity index (χ2n) is 6.95. The number of hydrogen-bond donors (Lipinski definition) is 1. The second-order valence-corrected chi connectivity index (χ2v) is 6.95. The van der Waals surface area contributed by atoms with Crippen LogP contribution in [0.3, 0.4) is 0 Å². The van der Waals surface area contributed by atoms with Gasteiger partial charge in [0, 0.05) is 19.1 Å². The molecule has 128 valence electrons. The van der Waals surface area contributed by atoms with E-state index < -0.39 is 6.10 Å². The Kier molecular flexibility index (Phi) is 5.11. The van der Waals surface area contributed by atoms with Crippen LogP contribution in [-0.4, -0.2) is 42.1 Å². The predicted molar refractivity (Wildman–Crippen MR) is 91.1 cm³/mol. The average molecular weight is 341 g/mol. The Morgan fingerprint density at radius 3 is 2.48 bits per heavy atom. The average Bonchev–Trinajstić information content (AvgIpc) is 2.48. The summed E-state index contributed by atoms with van der Waals surface area (Å²) in [5.74, 6) is 1.31. The first-order chi connectivity index (χ1) is 10.4. The van der Waals surface area contributed by atoms with E-state index >= 15 is 0 Å². The Morgan fingerprint density at radius 1 is 1.26 bits per heavy atom. The SMILES string of the molecule is CC1Oc2ccccc2OC1C(=O)N1CCC(N)C(C)(C)C1.Cl. The van der Waals surface area contributed by atoms with Gasteiger partial charge in [-0.2, -0.15) is 0 Å². The highest BCUT2D eigenvalue weighted by Crippen LogP contribution is 2.35. The molecule has 23 heavy (non-hydrogen) atoms. The molecule has 3 rings (SSSR count). The highest BCUT2D eigenvalue weighted by atomic mass is 35.5. The lowest BCUT2D eigenvalue weighted by Gasteiger charge is -2.44. The maximum Gasteiger partial charge on any atom is 0.267 e. The van der Waals surface area contributed by atoms with Crippen molar-refractivity contribution in [1.82, 2.24) is 4.90 Å². The number of amides is 1. The number of piperidine rings is 1. The zero-order valence-electron chi connectivity index (χ0n) is 13.8. The molecule has 1 fully saturated rings. The molecule has 0 aliphatic carbocycles. The van der Waals surface area contributed by atoms with Crippen molar-refractivity contribution in [2.75, 3.05) is 13.1 Å². The molecule has 2 heterocycles. The first-order valence-corrected chi connectivity index (χ1v) is 7.85. The van der Waals surface area contributed by atoms with Crippen LogP contribution < -0.4 is 15.2 Å². The highest BCUT2D eigenvalue weighted by Gasteiger charge is 2.41. The number of hydrogen-bond acceptors (Lipinski definition) is 4. The minimum absolute atomic E-state index is 0. The van der Waals surface area contributed by atoms with E-state index in [0.29, 0.717) is 24.6 Å². The normalized spacial score (nSPS) is 28.7. The molecule has 0 spiro atoms. The molecule has 3 unspecified atom stereocenters. The number of fused-ring (bicyclic) bond motifs is 1. The molecule has 2 aliphatic rings. The van der Waals surface area contributed by atoms with Crippen molar-refractivity contribution >= 4 is 18.3 Å². The number of ether oxygens (including phenoxy) is 2. The lowest BCUT2D eigenvalue weighted by molar-refractivity contribution is -0.147. The lowest BCUT2D eigenvalue weighted by Crippen LogP contribution is -2.58. The molecule has 3 atom stereocenters. The van der Waals surface area contributed by atoms with E-state index in [1.165, 1.54) is 0 Å². The molecule has 0 bridgehead atoms. The molecule has 2 aliphatic heterocycles. The van der Waals surface area contributed by atoms with Crippen molar-refractivity contribution in [3.63, 3.8) is 0 Å². The van der Waals surface area contributed by atoms with Gasteiger partial charge in [-0.05, 0) is 30.9 Å². The van der Waals surface area contributed by atoms with Crippen molar-refractivity contribution < 1.29 is 14.3 Å². The molecule has 0 saturated carbocycles. The fraction of sp³-hybridized carbons (Fsp3) is 0.588. The van der Waals surface area contributed by atoms with Crippen molar-refractivity contribution in [2.24, 2.45) is 11.1 Å². The van der Waals surface area contributed by atoms with Crippen molar-refractivity contribution in [2.45, 2.75) is 45.4 Å². The number of benzene rings is 1. The van der Waals surface area contributed by atoms with Gasteiger partial charge in [0.15, 0.2) is 11.5 Å². The third kappa shape index (κ3) is 3.40. The number of rotatable bonds is 1. The van der Waals surface area contributed by atoms with Crippen LogP contribution in [0.1, 0.15) is 27.2 Å². The Labute approximate surface area is 143 Å². The van der Waals surface area contributed by atoms with Crippen LogP contribution >= 0.6 is 12.4 Å². The summed E-state index contributed by atoms with van der Waals surface area (Å²) >= 11 is 0. The largest absolute Gasteiger partial charge is 0.482 e. The monoisotopic (exact) mass is 340 g/mol.